The highest BCUT2D eigenvalue weighted by Gasteiger charge is 2.21. The minimum absolute atomic E-state index is 0.378. The van der Waals surface area contributed by atoms with Crippen molar-refractivity contribution in [2.24, 2.45) is 4.99 Å². The van der Waals surface area contributed by atoms with Gasteiger partial charge in [0.2, 0.25) is 0 Å². The van der Waals surface area contributed by atoms with Crippen LogP contribution in [0.2, 0.25) is 0 Å². The molecule has 6 heteroatoms. The van der Waals surface area contributed by atoms with E-state index in [1.165, 1.54) is 4.88 Å². The third-order valence-corrected chi connectivity index (χ3v) is 4.68. The Bertz CT molecular complexity index is 429. The van der Waals surface area contributed by atoms with Crippen LogP contribution >= 0.6 is 11.3 Å². The zero-order valence-corrected chi connectivity index (χ0v) is 14.4. The molecule has 22 heavy (non-hydrogen) atoms. The number of nitrogens with one attached hydrogen (secondary N) is 1. The molecule has 0 aromatic carbocycles. The molecule has 0 aliphatic carbocycles. The van der Waals surface area contributed by atoms with Crippen molar-refractivity contribution in [3.63, 3.8) is 0 Å². The quantitative estimate of drug-likeness (QED) is 0.475. The summed E-state index contributed by atoms with van der Waals surface area (Å²) >= 11 is 1.77. The molecular formula is C16H27N3O2S. The molecule has 2 rings (SSSR count). The SMILES string of the molecule is CN=C(NCc1cccs1)N1CCC(OCCCOC)CC1. The number of aliphatic imine (C=N–C) groups is 1. The molecule has 1 aliphatic heterocycles. The number of rotatable bonds is 7. The molecular weight excluding hydrogens is 298 g/mol. The predicted octanol–water partition coefficient (Wildman–Crippen LogP) is 2.34. The number of ether oxygens (including phenoxy) is 2. The molecule has 5 nitrogen and oxygen atoms in total. The zero-order chi connectivity index (χ0) is 15.6. The standard InChI is InChI=1S/C16H27N3O2S/c1-17-16(18-13-15-5-3-12-22-15)19-8-6-14(7-9-19)21-11-4-10-20-2/h3,5,12,14H,4,6-11,13H2,1-2H3,(H,17,18). The average Bonchev–Trinajstić information content (AvgIpc) is 3.07. The van der Waals surface area contributed by atoms with Gasteiger partial charge in [-0.15, -0.1) is 11.3 Å². The number of likely N-dealkylation sites (tertiary alicyclic amines) is 1. The number of hydrogen-bond acceptors (Lipinski definition) is 4. The number of hydrogen-bond donors (Lipinski definition) is 1. The Morgan fingerprint density at radius 1 is 1.41 bits per heavy atom. The third kappa shape index (κ3) is 5.59. The molecule has 0 unspecified atom stereocenters. The first-order chi connectivity index (χ1) is 10.8. The van der Waals surface area contributed by atoms with E-state index < -0.39 is 0 Å². The minimum Gasteiger partial charge on any atom is -0.385 e. The Balaban J connectivity index is 1.68. The summed E-state index contributed by atoms with van der Waals surface area (Å²) in [6, 6.07) is 4.22. The fraction of sp³-hybridized carbons (Fsp3) is 0.688. The lowest BCUT2D eigenvalue weighted by molar-refractivity contribution is 0.00990. The summed E-state index contributed by atoms with van der Waals surface area (Å²) in [5, 5.41) is 5.55. The smallest absolute Gasteiger partial charge is 0.193 e. The number of methoxy groups -OCH3 is 1. The number of guanidine groups is 1. The van der Waals surface area contributed by atoms with E-state index in [4.69, 9.17) is 9.47 Å². The van der Waals surface area contributed by atoms with Gasteiger partial charge in [-0.1, -0.05) is 6.07 Å². The lowest BCUT2D eigenvalue weighted by Crippen LogP contribution is -2.46. The van der Waals surface area contributed by atoms with Gasteiger partial charge in [0, 0.05) is 45.3 Å². The summed E-state index contributed by atoms with van der Waals surface area (Å²) < 4.78 is 10.9. The van der Waals surface area contributed by atoms with Gasteiger partial charge in [0.1, 0.15) is 0 Å². The number of piperidine rings is 1. The molecule has 0 amide bonds. The monoisotopic (exact) mass is 325 g/mol. The second-order valence-corrected chi connectivity index (χ2v) is 6.42. The first-order valence-corrected chi connectivity index (χ1v) is 8.80. The average molecular weight is 325 g/mol. The minimum atomic E-state index is 0.378. The topological polar surface area (TPSA) is 46.1 Å². The van der Waals surface area contributed by atoms with Crippen molar-refractivity contribution in [1.29, 1.82) is 0 Å². The van der Waals surface area contributed by atoms with Gasteiger partial charge in [-0.05, 0) is 30.7 Å². The molecule has 124 valence electrons. The normalized spacial score (nSPS) is 17.0. The summed E-state index contributed by atoms with van der Waals surface area (Å²) in [6.07, 6.45) is 3.48. The summed E-state index contributed by atoms with van der Waals surface area (Å²) in [5.74, 6) is 0.992. The van der Waals surface area contributed by atoms with Crippen LogP contribution in [-0.2, 0) is 16.0 Å². The molecule has 0 bridgehead atoms. The van der Waals surface area contributed by atoms with Gasteiger partial charge in [-0.25, -0.2) is 0 Å². The third-order valence-electron chi connectivity index (χ3n) is 3.80. The number of thiophene rings is 1. The van der Waals surface area contributed by atoms with E-state index in [0.717, 1.165) is 58.1 Å². The van der Waals surface area contributed by atoms with E-state index in [-0.39, 0.29) is 0 Å². The van der Waals surface area contributed by atoms with Crippen LogP contribution in [0.5, 0.6) is 0 Å². The van der Waals surface area contributed by atoms with E-state index in [1.807, 2.05) is 7.05 Å². The van der Waals surface area contributed by atoms with Crippen molar-refractivity contribution in [2.45, 2.75) is 31.9 Å². The molecule has 1 aliphatic rings. The van der Waals surface area contributed by atoms with Gasteiger partial charge >= 0.3 is 0 Å². The maximum Gasteiger partial charge on any atom is 0.193 e. The van der Waals surface area contributed by atoms with Crippen molar-refractivity contribution < 1.29 is 9.47 Å². The van der Waals surface area contributed by atoms with Crippen molar-refractivity contribution in [2.75, 3.05) is 40.5 Å². The summed E-state index contributed by atoms with van der Waals surface area (Å²) in [7, 11) is 3.58. The van der Waals surface area contributed by atoms with Gasteiger partial charge in [0.05, 0.1) is 12.6 Å². The molecule has 1 fully saturated rings. The van der Waals surface area contributed by atoms with E-state index in [2.05, 4.69) is 32.7 Å². The molecule has 0 atom stereocenters. The lowest BCUT2D eigenvalue weighted by atomic mass is 10.1. The summed E-state index contributed by atoms with van der Waals surface area (Å²) in [5.41, 5.74) is 0. The van der Waals surface area contributed by atoms with Crippen LogP contribution in [-0.4, -0.2) is 57.4 Å². The fourth-order valence-electron chi connectivity index (χ4n) is 2.60. The van der Waals surface area contributed by atoms with Crippen LogP contribution < -0.4 is 5.32 Å². The van der Waals surface area contributed by atoms with Crippen LogP contribution in [0.25, 0.3) is 0 Å². The van der Waals surface area contributed by atoms with E-state index in [1.54, 1.807) is 18.4 Å². The Morgan fingerprint density at radius 2 is 2.23 bits per heavy atom. The van der Waals surface area contributed by atoms with Crippen molar-refractivity contribution in [3.8, 4) is 0 Å². The molecule has 1 aromatic rings. The Morgan fingerprint density at radius 3 is 2.86 bits per heavy atom. The largest absolute Gasteiger partial charge is 0.385 e. The maximum atomic E-state index is 5.90. The van der Waals surface area contributed by atoms with Crippen molar-refractivity contribution >= 4 is 17.3 Å². The van der Waals surface area contributed by atoms with Gasteiger partial charge < -0.3 is 19.7 Å². The van der Waals surface area contributed by atoms with Crippen LogP contribution in [0.1, 0.15) is 24.1 Å². The molecule has 0 radical (unpaired) electrons. The van der Waals surface area contributed by atoms with Gasteiger partial charge in [-0.3, -0.25) is 4.99 Å². The van der Waals surface area contributed by atoms with Crippen LogP contribution in [0.4, 0.5) is 0 Å². The van der Waals surface area contributed by atoms with Gasteiger partial charge in [0.15, 0.2) is 5.96 Å². The zero-order valence-electron chi connectivity index (χ0n) is 13.6. The molecule has 0 saturated carbocycles. The molecule has 2 heterocycles. The Labute approximate surface area is 137 Å². The Kier molecular flexibility index (Phi) is 7.70. The van der Waals surface area contributed by atoms with Crippen molar-refractivity contribution in [1.82, 2.24) is 10.2 Å². The highest BCUT2D eigenvalue weighted by atomic mass is 32.1. The predicted molar refractivity (Wildman–Crippen MR) is 91.6 cm³/mol. The fourth-order valence-corrected chi connectivity index (χ4v) is 3.24. The molecule has 0 spiro atoms. The van der Waals surface area contributed by atoms with Gasteiger partial charge in [0.25, 0.3) is 0 Å². The molecule has 1 saturated heterocycles. The van der Waals surface area contributed by atoms with Crippen LogP contribution in [0.3, 0.4) is 0 Å². The second-order valence-electron chi connectivity index (χ2n) is 5.38. The number of nitrogens with zero attached hydrogens (tertiary/aromatic N) is 2. The summed E-state index contributed by atoms with van der Waals surface area (Å²) in [4.78, 5) is 8.05. The van der Waals surface area contributed by atoms with Crippen molar-refractivity contribution in [3.05, 3.63) is 22.4 Å². The first kappa shape index (κ1) is 17.2. The summed E-state index contributed by atoms with van der Waals surface area (Å²) in [6.45, 7) is 4.41. The van der Waals surface area contributed by atoms with Crippen LogP contribution in [0.15, 0.2) is 22.5 Å². The maximum absolute atomic E-state index is 5.90. The van der Waals surface area contributed by atoms with Crippen LogP contribution in [0, 0.1) is 0 Å². The van der Waals surface area contributed by atoms with E-state index in [9.17, 15) is 0 Å². The van der Waals surface area contributed by atoms with E-state index in [0.29, 0.717) is 6.10 Å². The highest BCUT2D eigenvalue weighted by molar-refractivity contribution is 7.09. The molecule has 1 aromatic heterocycles. The van der Waals surface area contributed by atoms with Gasteiger partial charge in [-0.2, -0.15) is 0 Å². The van der Waals surface area contributed by atoms with E-state index >= 15 is 0 Å². The first-order valence-electron chi connectivity index (χ1n) is 7.92. The lowest BCUT2D eigenvalue weighted by Gasteiger charge is -2.34. The second kappa shape index (κ2) is 9.82. The molecule has 1 N–H and O–H groups in total. The highest BCUT2D eigenvalue weighted by Crippen LogP contribution is 2.14. The Hall–Kier alpha value is -1.11.